The van der Waals surface area contributed by atoms with E-state index in [-0.39, 0.29) is 5.41 Å². The third-order valence-electron chi connectivity index (χ3n) is 14.6. The maximum absolute atomic E-state index is 2.48. The predicted octanol–water partition coefficient (Wildman–Crippen LogP) is 17.5. The molecule has 66 heavy (non-hydrogen) atoms. The first-order valence-electron chi connectivity index (χ1n) is 23.0. The highest BCUT2D eigenvalue weighted by molar-refractivity contribution is 7.27. The average Bonchev–Trinajstić information content (AvgIpc) is 3.92. The SMILES string of the molecule is CC1(C)c2ccccc2C2(c3ccccc3-c3c(-c4cccc5c4sc4c(N(c6ccc(-c7ccccc7)cc6)c6ccccc6-c6ccccc6)cccc45)cccc32)c2ccccc21. The predicted molar refractivity (Wildman–Crippen MR) is 280 cm³/mol. The van der Waals surface area contributed by atoms with Gasteiger partial charge in [-0.15, -0.1) is 11.3 Å². The fourth-order valence-corrected chi connectivity index (χ4v) is 13.0. The van der Waals surface area contributed by atoms with E-state index in [1.54, 1.807) is 0 Å². The van der Waals surface area contributed by atoms with Crippen molar-refractivity contribution in [1.29, 1.82) is 0 Å². The smallest absolute Gasteiger partial charge is 0.0719 e. The van der Waals surface area contributed by atoms with E-state index in [1.807, 2.05) is 11.3 Å². The van der Waals surface area contributed by atoms with Crippen LogP contribution in [-0.2, 0) is 10.8 Å². The molecule has 0 atom stereocenters. The van der Waals surface area contributed by atoms with Crippen molar-refractivity contribution in [2.75, 3.05) is 4.90 Å². The summed E-state index contributed by atoms with van der Waals surface area (Å²) in [5.41, 5.74) is 21.1. The monoisotopic (exact) mass is 859 g/mol. The van der Waals surface area contributed by atoms with Crippen LogP contribution in [0, 0.1) is 0 Å². The van der Waals surface area contributed by atoms with Gasteiger partial charge in [-0.05, 0) is 91.0 Å². The van der Waals surface area contributed by atoms with Crippen LogP contribution in [0.4, 0.5) is 17.1 Å². The van der Waals surface area contributed by atoms with Gasteiger partial charge in [0.15, 0.2) is 0 Å². The zero-order chi connectivity index (χ0) is 44.0. The summed E-state index contributed by atoms with van der Waals surface area (Å²) >= 11 is 1.92. The van der Waals surface area contributed by atoms with Crippen LogP contribution in [0.15, 0.2) is 237 Å². The Balaban J connectivity index is 1.05. The molecule has 13 rings (SSSR count). The summed E-state index contributed by atoms with van der Waals surface area (Å²) in [5.74, 6) is 0. The summed E-state index contributed by atoms with van der Waals surface area (Å²) in [6.45, 7) is 4.79. The van der Waals surface area contributed by atoms with E-state index in [2.05, 4.69) is 255 Å². The fraction of sp³-hybridized carbons (Fsp3) is 0.0625. The standard InChI is InChI=1S/C64H45NS/c1-63(2)53-31-12-14-33-55(53)64(56-34-15-13-32-54(56)63)52-30-11-9-25-51(52)60-47(26-18-35-57(60)64)48-27-17-28-49-50-29-19-37-59(62(50)66-61(48)49)65(45-40-38-43(39-41-45)42-20-5-3-6-21-42)58-36-16-10-24-46(58)44-22-7-4-8-23-44/h3-41H,1-2H3. The number of hydrogen-bond acceptors (Lipinski definition) is 2. The summed E-state index contributed by atoms with van der Waals surface area (Å²) < 4.78 is 2.56. The minimum absolute atomic E-state index is 0.145. The molecule has 10 aromatic carbocycles. The molecule has 0 saturated heterocycles. The number of para-hydroxylation sites is 1. The highest BCUT2D eigenvalue weighted by Crippen LogP contribution is 2.64. The van der Waals surface area contributed by atoms with Gasteiger partial charge in [-0.25, -0.2) is 0 Å². The molecule has 2 heteroatoms. The van der Waals surface area contributed by atoms with Crippen molar-refractivity contribution in [3.63, 3.8) is 0 Å². The first-order valence-corrected chi connectivity index (χ1v) is 23.8. The minimum atomic E-state index is -0.450. The van der Waals surface area contributed by atoms with Crippen molar-refractivity contribution < 1.29 is 0 Å². The average molecular weight is 860 g/mol. The molecular weight excluding hydrogens is 815 g/mol. The van der Waals surface area contributed by atoms with Crippen molar-refractivity contribution in [2.24, 2.45) is 0 Å². The lowest BCUT2D eigenvalue weighted by Gasteiger charge is -2.46. The number of rotatable bonds is 6. The summed E-state index contributed by atoms with van der Waals surface area (Å²) in [4.78, 5) is 2.48. The van der Waals surface area contributed by atoms with Crippen LogP contribution < -0.4 is 4.90 Å². The van der Waals surface area contributed by atoms with Crippen LogP contribution in [0.5, 0.6) is 0 Å². The number of hydrogen-bond donors (Lipinski definition) is 0. The summed E-state index contributed by atoms with van der Waals surface area (Å²) in [5, 5.41) is 2.54. The molecule has 2 aliphatic rings. The Morgan fingerprint density at radius 2 is 0.788 bits per heavy atom. The van der Waals surface area contributed by atoms with E-state index < -0.39 is 5.41 Å². The van der Waals surface area contributed by atoms with Crippen molar-refractivity contribution in [2.45, 2.75) is 24.7 Å². The van der Waals surface area contributed by atoms with Gasteiger partial charge in [-0.1, -0.05) is 226 Å². The largest absolute Gasteiger partial charge is 0.308 e. The molecule has 1 heterocycles. The number of benzene rings is 10. The summed E-state index contributed by atoms with van der Waals surface area (Å²) in [6.07, 6.45) is 0. The van der Waals surface area contributed by atoms with E-state index in [0.29, 0.717) is 0 Å². The Morgan fingerprint density at radius 3 is 1.48 bits per heavy atom. The molecule has 0 amide bonds. The van der Waals surface area contributed by atoms with E-state index in [1.165, 1.54) is 98.1 Å². The van der Waals surface area contributed by atoms with Crippen molar-refractivity contribution in [1.82, 2.24) is 0 Å². The minimum Gasteiger partial charge on any atom is -0.308 e. The third-order valence-corrected chi connectivity index (χ3v) is 15.9. The van der Waals surface area contributed by atoms with E-state index >= 15 is 0 Å². The Morgan fingerprint density at radius 1 is 0.318 bits per heavy atom. The van der Waals surface area contributed by atoms with Crippen molar-refractivity contribution in [3.8, 4) is 44.5 Å². The second kappa shape index (κ2) is 14.9. The number of fused-ring (bicyclic) bond motifs is 12. The van der Waals surface area contributed by atoms with Crippen LogP contribution in [0.3, 0.4) is 0 Å². The summed E-state index contributed by atoms with van der Waals surface area (Å²) in [7, 11) is 0. The Hall–Kier alpha value is -7.78. The zero-order valence-corrected chi connectivity index (χ0v) is 37.7. The number of thiophene rings is 1. The van der Waals surface area contributed by atoms with E-state index in [4.69, 9.17) is 0 Å². The second-order valence-electron chi connectivity index (χ2n) is 18.3. The molecule has 1 spiro atoms. The molecule has 0 aliphatic heterocycles. The van der Waals surface area contributed by atoms with Crippen molar-refractivity contribution in [3.05, 3.63) is 270 Å². The fourth-order valence-electron chi connectivity index (χ4n) is 11.7. The summed E-state index contributed by atoms with van der Waals surface area (Å²) in [6, 6.07) is 88.0. The van der Waals surface area contributed by atoms with Gasteiger partial charge in [0.1, 0.15) is 0 Å². The van der Waals surface area contributed by atoms with Gasteiger partial charge >= 0.3 is 0 Å². The van der Waals surface area contributed by atoms with Crippen LogP contribution in [0.1, 0.15) is 47.2 Å². The van der Waals surface area contributed by atoms with E-state index in [9.17, 15) is 0 Å². The lowest BCUT2D eigenvalue weighted by molar-refractivity contribution is 0.563. The number of anilines is 3. The van der Waals surface area contributed by atoms with Crippen LogP contribution in [0.2, 0.25) is 0 Å². The molecule has 11 aromatic rings. The molecule has 1 nitrogen and oxygen atoms in total. The van der Waals surface area contributed by atoms with Gasteiger partial charge in [0.25, 0.3) is 0 Å². The van der Waals surface area contributed by atoms with E-state index in [0.717, 1.165) is 17.1 Å². The third kappa shape index (κ3) is 5.52. The van der Waals surface area contributed by atoms with Gasteiger partial charge in [-0.3, -0.25) is 0 Å². The van der Waals surface area contributed by atoms with Gasteiger partial charge in [0, 0.05) is 37.7 Å². The molecule has 0 fully saturated rings. The highest BCUT2D eigenvalue weighted by Gasteiger charge is 2.53. The molecule has 0 unspecified atom stereocenters. The zero-order valence-electron chi connectivity index (χ0n) is 36.9. The Labute approximate surface area is 390 Å². The molecule has 1 aromatic heterocycles. The van der Waals surface area contributed by atoms with Crippen LogP contribution in [0.25, 0.3) is 64.7 Å². The van der Waals surface area contributed by atoms with Gasteiger partial charge in [0.2, 0.25) is 0 Å². The molecule has 2 aliphatic carbocycles. The lowest BCUT2D eigenvalue weighted by Crippen LogP contribution is -2.40. The normalized spacial score (nSPS) is 13.8. The highest BCUT2D eigenvalue weighted by atomic mass is 32.1. The molecule has 312 valence electrons. The Bertz CT molecular complexity index is 3620. The first-order chi connectivity index (χ1) is 32.5. The first kappa shape index (κ1) is 38.7. The van der Waals surface area contributed by atoms with Crippen LogP contribution >= 0.6 is 11.3 Å². The van der Waals surface area contributed by atoms with Gasteiger partial charge < -0.3 is 4.90 Å². The topological polar surface area (TPSA) is 3.24 Å². The van der Waals surface area contributed by atoms with Gasteiger partial charge in [-0.2, -0.15) is 0 Å². The molecule has 0 N–H and O–H groups in total. The quantitative estimate of drug-likeness (QED) is 0.161. The lowest BCUT2D eigenvalue weighted by atomic mass is 9.55. The molecule has 0 radical (unpaired) electrons. The van der Waals surface area contributed by atoms with Crippen LogP contribution in [-0.4, -0.2) is 0 Å². The molecule has 0 bridgehead atoms. The molecular formula is C64H45NS. The number of nitrogens with zero attached hydrogens (tertiary/aromatic N) is 1. The Kier molecular flexibility index (Phi) is 8.72. The van der Waals surface area contributed by atoms with Gasteiger partial charge in [0.05, 0.1) is 21.5 Å². The molecule has 0 saturated carbocycles. The van der Waals surface area contributed by atoms with Crippen molar-refractivity contribution >= 4 is 48.6 Å². The maximum Gasteiger partial charge on any atom is 0.0719 e. The second-order valence-corrected chi connectivity index (χ2v) is 19.3. The maximum atomic E-state index is 2.48.